The van der Waals surface area contributed by atoms with Gasteiger partial charge in [0, 0.05) is 6.42 Å². The van der Waals surface area contributed by atoms with Gasteiger partial charge >= 0.3 is 11.4 Å². The average Bonchev–Trinajstić information content (AvgIpc) is 2.02. The zero-order chi connectivity index (χ0) is 11.4. The minimum absolute atomic E-state index is 0.132. The van der Waals surface area contributed by atoms with Gasteiger partial charge in [-0.15, -0.1) is 0 Å². The van der Waals surface area contributed by atoms with Crippen LogP contribution in [0.1, 0.15) is 13.3 Å². The van der Waals surface area contributed by atoms with Crippen LogP contribution in [-0.4, -0.2) is 28.1 Å². The molecule has 0 aromatic carbocycles. The summed E-state index contributed by atoms with van der Waals surface area (Å²) in [5.74, 6) is -0.711. The molecule has 0 amide bonds. The number of hydrogen-bond acceptors (Lipinski definition) is 2. The van der Waals surface area contributed by atoms with Crippen molar-refractivity contribution in [3.63, 3.8) is 0 Å². The molecule has 0 aliphatic heterocycles. The van der Waals surface area contributed by atoms with Crippen molar-refractivity contribution in [3.8, 4) is 0 Å². The molecular formula is C7H9ClF3IO2. The molecule has 0 aromatic rings. The number of esters is 1. The fourth-order valence-corrected chi connectivity index (χ4v) is 1.36. The number of halogens is 5. The molecule has 7 heteroatoms. The first kappa shape index (κ1) is 14.3. The van der Waals surface area contributed by atoms with Crippen LogP contribution in [0, 0.1) is 0 Å². The molecule has 14 heavy (non-hydrogen) atoms. The molecular weight excluding hydrogens is 335 g/mol. The van der Waals surface area contributed by atoms with Gasteiger partial charge in [0.25, 0.3) is 0 Å². The highest BCUT2D eigenvalue weighted by molar-refractivity contribution is 14.1. The van der Waals surface area contributed by atoms with E-state index >= 15 is 0 Å². The fraction of sp³-hybridized carbons (Fsp3) is 0.857. The third-order valence-electron chi connectivity index (χ3n) is 1.31. The molecule has 0 spiro atoms. The zero-order valence-electron chi connectivity index (χ0n) is 7.28. The molecule has 0 N–H and O–H groups in total. The van der Waals surface area contributed by atoms with Crippen molar-refractivity contribution in [2.75, 3.05) is 6.61 Å². The third kappa shape index (κ3) is 5.23. The standard InChI is InChI=1S/C7H9ClF3IO2/c1-2-14-6(13)4(12)3-5(9)7(8,10)11/h4-5H,2-3H2,1H3. The predicted molar refractivity (Wildman–Crippen MR) is 54.8 cm³/mol. The second kappa shape index (κ2) is 5.99. The Morgan fingerprint density at radius 1 is 1.64 bits per heavy atom. The first-order chi connectivity index (χ1) is 6.29. The van der Waals surface area contributed by atoms with E-state index in [2.05, 4.69) is 16.3 Å². The van der Waals surface area contributed by atoms with Crippen molar-refractivity contribution in [2.45, 2.75) is 28.8 Å². The first-order valence-electron chi connectivity index (χ1n) is 3.80. The van der Waals surface area contributed by atoms with Gasteiger partial charge in [-0.2, -0.15) is 8.78 Å². The maximum absolute atomic E-state index is 12.7. The van der Waals surface area contributed by atoms with Gasteiger partial charge in [-0.3, -0.25) is 4.79 Å². The highest BCUT2D eigenvalue weighted by Crippen LogP contribution is 2.30. The van der Waals surface area contributed by atoms with E-state index in [0.717, 1.165) is 0 Å². The molecule has 0 saturated heterocycles. The van der Waals surface area contributed by atoms with Crippen LogP contribution in [0.4, 0.5) is 13.2 Å². The predicted octanol–water partition coefficient (Wildman–Crippen LogP) is 2.91. The smallest absolute Gasteiger partial charge is 0.352 e. The van der Waals surface area contributed by atoms with Crippen LogP contribution in [0.3, 0.4) is 0 Å². The van der Waals surface area contributed by atoms with Crippen LogP contribution in [0.15, 0.2) is 0 Å². The maximum Gasteiger partial charge on any atom is 0.352 e. The van der Waals surface area contributed by atoms with E-state index in [1.54, 1.807) is 6.92 Å². The SMILES string of the molecule is CCOC(=O)C(I)CC(F)C(F)(F)Cl. The third-order valence-corrected chi connectivity index (χ3v) is 2.57. The fourth-order valence-electron chi connectivity index (χ4n) is 0.644. The van der Waals surface area contributed by atoms with E-state index in [1.807, 2.05) is 0 Å². The van der Waals surface area contributed by atoms with E-state index in [4.69, 9.17) is 0 Å². The zero-order valence-corrected chi connectivity index (χ0v) is 10.2. The minimum atomic E-state index is -3.93. The maximum atomic E-state index is 12.7. The number of rotatable bonds is 5. The van der Waals surface area contributed by atoms with E-state index in [1.165, 1.54) is 22.6 Å². The van der Waals surface area contributed by atoms with Gasteiger partial charge < -0.3 is 4.74 Å². The van der Waals surface area contributed by atoms with E-state index in [-0.39, 0.29) is 6.61 Å². The van der Waals surface area contributed by atoms with Crippen molar-refractivity contribution in [2.24, 2.45) is 0 Å². The van der Waals surface area contributed by atoms with E-state index < -0.39 is 27.9 Å². The Kier molecular flexibility index (Phi) is 6.11. The second-order valence-corrected chi connectivity index (χ2v) is 4.47. The molecule has 0 bridgehead atoms. The van der Waals surface area contributed by atoms with Crippen molar-refractivity contribution in [1.29, 1.82) is 0 Å². The van der Waals surface area contributed by atoms with Gasteiger partial charge in [0.1, 0.15) is 3.92 Å². The van der Waals surface area contributed by atoms with Crippen LogP contribution in [-0.2, 0) is 9.53 Å². The molecule has 2 unspecified atom stereocenters. The van der Waals surface area contributed by atoms with Crippen LogP contribution in [0.2, 0.25) is 0 Å². The highest BCUT2D eigenvalue weighted by atomic mass is 127. The number of ether oxygens (including phenoxy) is 1. The summed E-state index contributed by atoms with van der Waals surface area (Å²) in [7, 11) is 0. The molecule has 2 nitrogen and oxygen atoms in total. The Morgan fingerprint density at radius 2 is 2.14 bits per heavy atom. The number of carbonyl (C=O) groups is 1. The lowest BCUT2D eigenvalue weighted by molar-refractivity contribution is -0.142. The van der Waals surface area contributed by atoms with Gasteiger partial charge in [0.15, 0.2) is 6.17 Å². The van der Waals surface area contributed by atoms with E-state index in [9.17, 15) is 18.0 Å². The van der Waals surface area contributed by atoms with Crippen molar-refractivity contribution < 1.29 is 22.7 Å². The highest BCUT2D eigenvalue weighted by Gasteiger charge is 2.40. The molecule has 0 rings (SSSR count). The quantitative estimate of drug-likeness (QED) is 0.435. The minimum Gasteiger partial charge on any atom is -0.465 e. The topological polar surface area (TPSA) is 26.3 Å². The Balaban J connectivity index is 4.06. The summed E-state index contributed by atoms with van der Waals surface area (Å²) in [6, 6.07) is 0. The van der Waals surface area contributed by atoms with Crippen molar-refractivity contribution in [1.82, 2.24) is 0 Å². The largest absolute Gasteiger partial charge is 0.465 e. The summed E-state index contributed by atoms with van der Waals surface area (Å²) in [5, 5.41) is -3.93. The lowest BCUT2D eigenvalue weighted by Gasteiger charge is -2.16. The van der Waals surface area contributed by atoms with Crippen LogP contribution < -0.4 is 0 Å². The van der Waals surface area contributed by atoms with Gasteiger partial charge in [-0.25, -0.2) is 4.39 Å². The van der Waals surface area contributed by atoms with Crippen LogP contribution in [0.25, 0.3) is 0 Å². The Labute approximate surface area is 98.3 Å². The van der Waals surface area contributed by atoms with Crippen molar-refractivity contribution in [3.05, 3.63) is 0 Å². The van der Waals surface area contributed by atoms with Gasteiger partial charge in [0.2, 0.25) is 0 Å². The van der Waals surface area contributed by atoms with Gasteiger partial charge in [-0.05, 0) is 18.5 Å². The summed E-state index contributed by atoms with van der Waals surface area (Å²) in [5.41, 5.74) is 0. The average molecular weight is 344 g/mol. The summed E-state index contributed by atoms with van der Waals surface area (Å²) >= 11 is 5.99. The molecule has 84 valence electrons. The van der Waals surface area contributed by atoms with Crippen LogP contribution in [0.5, 0.6) is 0 Å². The molecule has 0 saturated carbocycles. The lowest BCUT2D eigenvalue weighted by atomic mass is 10.2. The Morgan fingerprint density at radius 3 is 2.50 bits per heavy atom. The van der Waals surface area contributed by atoms with Crippen LogP contribution >= 0.6 is 34.2 Å². The summed E-state index contributed by atoms with van der Waals surface area (Å²) in [6.45, 7) is 1.71. The monoisotopic (exact) mass is 344 g/mol. The Hall–Kier alpha value is 0.280. The molecule has 2 atom stereocenters. The molecule has 0 aliphatic carbocycles. The normalized spacial score (nSPS) is 16.1. The van der Waals surface area contributed by atoms with E-state index in [0.29, 0.717) is 0 Å². The van der Waals surface area contributed by atoms with Crippen molar-refractivity contribution >= 4 is 40.2 Å². The second-order valence-electron chi connectivity index (χ2n) is 2.46. The molecule has 0 aliphatic rings. The lowest BCUT2D eigenvalue weighted by Crippen LogP contribution is -2.29. The summed E-state index contributed by atoms with van der Waals surface area (Å²) in [6.07, 6.45) is -3.20. The first-order valence-corrected chi connectivity index (χ1v) is 5.42. The molecule has 0 heterocycles. The summed E-state index contributed by atoms with van der Waals surface area (Å²) in [4.78, 5) is 10.9. The van der Waals surface area contributed by atoms with Gasteiger partial charge in [-0.1, -0.05) is 22.6 Å². The number of hydrogen-bond donors (Lipinski definition) is 0. The molecule has 0 radical (unpaired) electrons. The molecule has 0 fully saturated rings. The number of carbonyl (C=O) groups excluding carboxylic acids is 1. The molecule has 0 aromatic heterocycles. The Bertz CT molecular complexity index is 198. The van der Waals surface area contributed by atoms with Gasteiger partial charge in [0.05, 0.1) is 6.61 Å². The summed E-state index contributed by atoms with van der Waals surface area (Å²) < 4.78 is 40.6. The number of alkyl halides is 5.